The second-order valence-electron chi connectivity index (χ2n) is 6.30. The maximum absolute atomic E-state index is 12.3. The van der Waals surface area contributed by atoms with Gasteiger partial charge in [0.2, 0.25) is 10.0 Å². The van der Waals surface area contributed by atoms with Gasteiger partial charge in [-0.05, 0) is 29.7 Å². The average Bonchev–Trinajstić information content (AvgIpc) is 2.66. The molecule has 27 heavy (non-hydrogen) atoms. The monoisotopic (exact) mass is 386 g/mol. The van der Waals surface area contributed by atoms with E-state index in [0.29, 0.717) is 17.0 Å². The van der Waals surface area contributed by atoms with Crippen molar-refractivity contribution in [2.24, 2.45) is 0 Å². The largest absolute Gasteiger partial charge is 0.461 e. The number of hydrogen-bond donors (Lipinski definition) is 1. The summed E-state index contributed by atoms with van der Waals surface area (Å²) in [6.45, 7) is 3.98. The van der Waals surface area contributed by atoms with E-state index in [1.165, 1.54) is 0 Å². The molecule has 142 valence electrons. The van der Waals surface area contributed by atoms with Gasteiger partial charge in [-0.15, -0.1) is 0 Å². The van der Waals surface area contributed by atoms with Crippen LogP contribution < -0.4 is 4.72 Å². The number of esters is 1. The van der Waals surface area contributed by atoms with Crippen molar-refractivity contribution in [3.05, 3.63) is 65.2 Å². The lowest BCUT2D eigenvalue weighted by molar-refractivity contribution is -0.144. The lowest BCUT2D eigenvalue weighted by Crippen LogP contribution is -2.26. The molecule has 0 amide bonds. The van der Waals surface area contributed by atoms with Crippen LogP contribution in [0.2, 0.25) is 0 Å². The number of nitriles is 1. The zero-order valence-corrected chi connectivity index (χ0v) is 16.1. The third-order valence-corrected chi connectivity index (χ3v) is 5.48. The van der Waals surface area contributed by atoms with Crippen LogP contribution in [0.3, 0.4) is 0 Å². The Morgan fingerprint density at radius 1 is 1.15 bits per heavy atom. The van der Waals surface area contributed by atoms with E-state index in [9.17, 15) is 13.2 Å². The molecule has 0 radical (unpaired) electrons. The second kappa shape index (κ2) is 9.31. The van der Waals surface area contributed by atoms with Crippen LogP contribution in [-0.4, -0.2) is 20.9 Å². The van der Waals surface area contributed by atoms with Gasteiger partial charge in [0.25, 0.3) is 0 Å². The van der Waals surface area contributed by atoms with Crippen molar-refractivity contribution in [1.82, 2.24) is 4.72 Å². The molecule has 0 fully saturated rings. The molecule has 0 atom stereocenters. The van der Waals surface area contributed by atoms with Crippen LogP contribution in [-0.2, 0) is 26.2 Å². The van der Waals surface area contributed by atoms with E-state index in [1.54, 1.807) is 48.5 Å². The van der Waals surface area contributed by atoms with Crippen molar-refractivity contribution in [1.29, 1.82) is 5.26 Å². The summed E-state index contributed by atoms with van der Waals surface area (Å²) in [5, 5.41) is 9.00. The fourth-order valence-electron chi connectivity index (χ4n) is 2.39. The average molecular weight is 386 g/mol. The second-order valence-corrected chi connectivity index (χ2v) is 8.07. The highest BCUT2D eigenvalue weighted by Gasteiger charge is 2.15. The Balaban J connectivity index is 1.84. The van der Waals surface area contributed by atoms with E-state index in [4.69, 9.17) is 10.00 Å². The standard InChI is InChI=1S/C20H22N2O4S/c1-15(2)16-7-9-19(10-8-16)27(24,25)22-12-11-20(23)26-14-18-6-4-3-5-17(18)13-21/h3-10,15,22H,11-12,14H2,1-2H3. The van der Waals surface area contributed by atoms with E-state index in [2.05, 4.69) is 4.72 Å². The van der Waals surface area contributed by atoms with Crippen molar-refractivity contribution in [3.8, 4) is 6.07 Å². The minimum Gasteiger partial charge on any atom is -0.461 e. The van der Waals surface area contributed by atoms with Gasteiger partial charge in [-0.1, -0.05) is 44.2 Å². The van der Waals surface area contributed by atoms with E-state index < -0.39 is 16.0 Å². The predicted molar refractivity (Wildman–Crippen MR) is 101 cm³/mol. The quantitative estimate of drug-likeness (QED) is 0.703. The number of carbonyl (C=O) groups excluding carboxylic acids is 1. The van der Waals surface area contributed by atoms with Gasteiger partial charge in [-0.2, -0.15) is 5.26 Å². The first kappa shape index (κ1) is 20.6. The van der Waals surface area contributed by atoms with Gasteiger partial charge in [0.05, 0.1) is 22.9 Å². The van der Waals surface area contributed by atoms with Crippen LogP contribution in [0.25, 0.3) is 0 Å². The minimum atomic E-state index is -3.68. The Bertz CT molecular complexity index is 929. The summed E-state index contributed by atoms with van der Waals surface area (Å²) in [6.07, 6.45) is -0.0992. The van der Waals surface area contributed by atoms with Crippen LogP contribution in [0.4, 0.5) is 0 Å². The highest BCUT2D eigenvalue weighted by molar-refractivity contribution is 7.89. The lowest BCUT2D eigenvalue weighted by Gasteiger charge is -2.09. The molecular formula is C20H22N2O4S. The van der Waals surface area contributed by atoms with Crippen molar-refractivity contribution >= 4 is 16.0 Å². The number of nitrogens with zero attached hydrogens (tertiary/aromatic N) is 1. The third-order valence-electron chi connectivity index (χ3n) is 4.00. The first-order chi connectivity index (χ1) is 12.8. The van der Waals surface area contributed by atoms with Crippen LogP contribution >= 0.6 is 0 Å². The van der Waals surface area contributed by atoms with Gasteiger partial charge in [0.15, 0.2) is 0 Å². The molecule has 0 heterocycles. The Labute approximate surface area is 159 Å². The van der Waals surface area contributed by atoms with Crippen molar-refractivity contribution < 1.29 is 17.9 Å². The number of hydrogen-bond acceptors (Lipinski definition) is 5. The zero-order chi connectivity index (χ0) is 19.9. The molecule has 0 spiro atoms. The van der Waals surface area contributed by atoms with E-state index >= 15 is 0 Å². The van der Waals surface area contributed by atoms with Crippen LogP contribution in [0.1, 0.15) is 42.9 Å². The molecule has 0 unspecified atom stereocenters. The fraction of sp³-hybridized carbons (Fsp3) is 0.300. The Morgan fingerprint density at radius 2 is 1.81 bits per heavy atom. The van der Waals surface area contributed by atoms with Crippen LogP contribution in [0.5, 0.6) is 0 Å². The van der Waals surface area contributed by atoms with Crippen molar-refractivity contribution in [2.75, 3.05) is 6.54 Å². The third kappa shape index (κ3) is 5.91. The molecule has 7 heteroatoms. The molecule has 6 nitrogen and oxygen atoms in total. The number of nitrogens with one attached hydrogen (secondary N) is 1. The highest BCUT2D eigenvalue weighted by Crippen LogP contribution is 2.17. The summed E-state index contributed by atoms with van der Waals surface area (Å²) in [5.41, 5.74) is 2.10. The summed E-state index contributed by atoms with van der Waals surface area (Å²) < 4.78 is 32.0. The summed E-state index contributed by atoms with van der Waals surface area (Å²) in [4.78, 5) is 12.0. The molecule has 0 aliphatic heterocycles. The SMILES string of the molecule is CC(C)c1ccc(S(=O)(=O)NCCC(=O)OCc2ccccc2C#N)cc1. The van der Waals surface area contributed by atoms with Gasteiger partial charge in [0, 0.05) is 12.1 Å². The smallest absolute Gasteiger partial charge is 0.307 e. The van der Waals surface area contributed by atoms with E-state index in [1.807, 2.05) is 19.9 Å². The number of sulfonamides is 1. The topological polar surface area (TPSA) is 96.3 Å². The summed E-state index contributed by atoms with van der Waals surface area (Å²) in [7, 11) is -3.68. The molecule has 0 aliphatic rings. The lowest BCUT2D eigenvalue weighted by atomic mass is 10.0. The molecule has 1 N–H and O–H groups in total. The number of benzene rings is 2. The van der Waals surface area contributed by atoms with Crippen LogP contribution in [0, 0.1) is 11.3 Å². The molecule has 0 saturated heterocycles. The highest BCUT2D eigenvalue weighted by atomic mass is 32.2. The molecular weight excluding hydrogens is 364 g/mol. The summed E-state index contributed by atoms with van der Waals surface area (Å²) in [6, 6.07) is 15.5. The van der Waals surface area contributed by atoms with Gasteiger partial charge in [0.1, 0.15) is 6.61 Å². The Morgan fingerprint density at radius 3 is 2.44 bits per heavy atom. The number of rotatable bonds is 8. The normalized spacial score (nSPS) is 11.2. The molecule has 0 aliphatic carbocycles. The maximum Gasteiger partial charge on any atom is 0.307 e. The van der Waals surface area contributed by atoms with Crippen molar-refractivity contribution in [2.45, 2.75) is 37.7 Å². The van der Waals surface area contributed by atoms with Crippen molar-refractivity contribution in [3.63, 3.8) is 0 Å². The minimum absolute atomic E-state index is 0.0218. The molecule has 2 rings (SSSR count). The first-order valence-electron chi connectivity index (χ1n) is 8.56. The Hall–Kier alpha value is -2.69. The molecule has 2 aromatic carbocycles. The molecule has 0 aromatic heterocycles. The van der Waals surface area contributed by atoms with Gasteiger partial charge in [-0.3, -0.25) is 4.79 Å². The van der Waals surface area contributed by atoms with Gasteiger partial charge in [-0.25, -0.2) is 13.1 Å². The fourth-order valence-corrected chi connectivity index (χ4v) is 3.42. The Kier molecular flexibility index (Phi) is 7.11. The molecule has 0 saturated carbocycles. The predicted octanol–water partition coefficient (Wildman–Crippen LogP) is 3.09. The molecule has 0 bridgehead atoms. The number of ether oxygens (including phenoxy) is 1. The zero-order valence-electron chi connectivity index (χ0n) is 15.3. The van der Waals surface area contributed by atoms with Crippen LogP contribution in [0.15, 0.2) is 53.4 Å². The van der Waals surface area contributed by atoms with Gasteiger partial charge >= 0.3 is 5.97 Å². The van der Waals surface area contributed by atoms with Gasteiger partial charge < -0.3 is 4.74 Å². The van der Waals surface area contributed by atoms with E-state index in [0.717, 1.165) is 5.56 Å². The number of carbonyl (C=O) groups is 1. The first-order valence-corrected chi connectivity index (χ1v) is 10.0. The summed E-state index contributed by atoms with van der Waals surface area (Å²) >= 11 is 0. The van der Waals surface area contributed by atoms with E-state index in [-0.39, 0.29) is 24.5 Å². The summed E-state index contributed by atoms with van der Waals surface area (Å²) in [5.74, 6) is -0.226. The maximum atomic E-state index is 12.3. The molecule has 2 aromatic rings.